The molecule has 4 nitrogen and oxygen atoms in total. The van der Waals surface area contributed by atoms with Gasteiger partial charge in [0.15, 0.2) is 6.10 Å². The van der Waals surface area contributed by atoms with Gasteiger partial charge in [-0.05, 0) is 6.92 Å². The quantitative estimate of drug-likeness (QED) is 0.488. The van der Waals surface area contributed by atoms with Crippen LogP contribution in [0, 0.1) is 0 Å². The summed E-state index contributed by atoms with van der Waals surface area (Å²) >= 11 is 0. The Hall–Kier alpha value is -0.870. The minimum Gasteiger partial charge on any atom is -0.467 e. The molecule has 1 rings (SSSR count). The van der Waals surface area contributed by atoms with Crippen LogP contribution < -0.4 is 0 Å². The topological polar surface area (TPSA) is 38.8 Å². The molecule has 14 heavy (non-hydrogen) atoms. The molecule has 0 aromatic heterocycles. The lowest BCUT2D eigenvalue weighted by Crippen LogP contribution is -2.49. The lowest BCUT2D eigenvalue weighted by molar-refractivity contribution is -0.160. The number of methoxy groups -OCH3 is 1. The van der Waals surface area contributed by atoms with Gasteiger partial charge in [0.25, 0.3) is 0 Å². The van der Waals surface area contributed by atoms with Gasteiger partial charge in [-0.3, -0.25) is 4.90 Å². The Bertz CT molecular complexity index is 217. The summed E-state index contributed by atoms with van der Waals surface area (Å²) in [4.78, 5) is 13.4. The molecular formula is C10H17NO3. The van der Waals surface area contributed by atoms with Gasteiger partial charge in [-0.25, -0.2) is 4.79 Å². The SMILES string of the molecule is C=CC(C)N1CCOC(C(=O)OC)C1. The first-order valence-corrected chi connectivity index (χ1v) is 4.75. The summed E-state index contributed by atoms with van der Waals surface area (Å²) in [5, 5.41) is 0. The van der Waals surface area contributed by atoms with E-state index in [1.54, 1.807) is 0 Å². The van der Waals surface area contributed by atoms with Crippen LogP contribution in [0.1, 0.15) is 6.92 Å². The third kappa shape index (κ3) is 2.56. The molecule has 1 aliphatic rings. The van der Waals surface area contributed by atoms with Gasteiger partial charge in [0.05, 0.1) is 13.7 Å². The third-order valence-corrected chi connectivity index (χ3v) is 2.48. The predicted octanol–water partition coefficient (Wildman–Crippen LogP) is 0.435. The van der Waals surface area contributed by atoms with Crippen LogP contribution in [0.4, 0.5) is 0 Å². The smallest absolute Gasteiger partial charge is 0.336 e. The number of ether oxygens (including phenoxy) is 2. The van der Waals surface area contributed by atoms with Gasteiger partial charge < -0.3 is 9.47 Å². The van der Waals surface area contributed by atoms with Crippen molar-refractivity contribution in [2.75, 3.05) is 26.8 Å². The predicted molar refractivity (Wildman–Crippen MR) is 53.0 cm³/mol. The van der Waals surface area contributed by atoms with Gasteiger partial charge in [-0.1, -0.05) is 6.08 Å². The molecule has 80 valence electrons. The molecule has 0 bridgehead atoms. The average Bonchev–Trinajstić information content (AvgIpc) is 2.27. The van der Waals surface area contributed by atoms with Crippen molar-refractivity contribution in [2.45, 2.75) is 19.1 Å². The number of carbonyl (C=O) groups is 1. The molecule has 1 heterocycles. The molecule has 1 fully saturated rings. The zero-order chi connectivity index (χ0) is 10.6. The molecule has 0 saturated carbocycles. The second-order valence-corrected chi connectivity index (χ2v) is 3.35. The summed E-state index contributed by atoms with van der Waals surface area (Å²) in [5.74, 6) is -0.300. The van der Waals surface area contributed by atoms with E-state index in [1.165, 1.54) is 7.11 Å². The van der Waals surface area contributed by atoms with Crippen LogP contribution in [0.15, 0.2) is 12.7 Å². The van der Waals surface area contributed by atoms with E-state index in [2.05, 4.69) is 16.2 Å². The molecule has 0 radical (unpaired) electrons. The Labute approximate surface area is 84.5 Å². The van der Waals surface area contributed by atoms with Gasteiger partial charge in [0.2, 0.25) is 0 Å². The first-order chi connectivity index (χ1) is 6.69. The van der Waals surface area contributed by atoms with Crippen molar-refractivity contribution in [1.29, 1.82) is 0 Å². The highest BCUT2D eigenvalue weighted by Gasteiger charge is 2.28. The number of morpholine rings is 1. The maximum Gasteiger partial charge on any atom is 0.336 e. The van der Waals surface area contributed by atoms with Crippen molar-refractivity contribution < 1.29 is 14.3 Å². The van der Waals surface area contributed by atoms with Gasteiger partial charge in [-0.2, -0.15) is 0 Å². The van der Waals surface area contributed by atoms with E-state index in [4.69, 9.17) is 4.74 Å². The van der Waals surface area contributed by atoms with Crippen molar-refractivity contribution in [3.05, 3.63) is 12.7 Å². The van der Waals surface area contributed by atoms with Crippen LogP contribution in [-0.4, -0.2) is 49.8 Å². The minimum absolute atomic E-state index is 0.269. The fourth-order valence-electron chi connectivity index (χ4n) is 1.46. The van der Waals surface area contributed by atoms with Crippen molar-refractivity contribution in [2.24, 2.45) is 0 Å². The highest BCUT2D eigenvalue weighted by atomic mass is 16.6. The highest BCUT2D eigenvalue weighted by Crippen LogP contribution is 2.10. The fraction of sp³-hybridized carbons (Fsp3) is 0.700. The van der Waals surface area contributed by atoms with E-state index >= 15 is 0 Å². The Morgan fingerprint density at radius 3 is 3.07 bits per heavy atom. The van der Waals surface area contributed by atoms with Crippen molar-refractivity contribution in [1.82, 2.24) is 4.90 Å². The summed E-state index contributed by atoms with van der Waals surface area (Å²) in [7, 11) is 1.38. The van der Waals surface area contributed by atoms with Gasteiger partial charge in [-0.15, -0.1) is 6.58 Å². The molecule has 0 aromatic rings. The van der Waals surface area contributed by atoms with Crippen LogP contribution in [0.5, 0.6) is 0 Å². The standard InChI is InChI=1S/C10H17NO3/c1-4-8(2)11-5-6-14-9(7-11)10(12)13-3/h4,8-9H,1,5-7H2,2-3H3. The zero-order valence-electron chi connectivity index (χ0n) is 8.73. The van der Waals surface area contributed by atoms with Gasteiger partial charge >= 0.3 is 5.97 Å². The minimum atomic E-state index is -0.448. The summed E-state index contributed by atoms with van der Waals surface area (Å²) in [6.07, 6.45) is 1.41. The van der Waals surface area contributed by atoms with Crippen LogP contribution in [0.2, 0.25) is 0 Å². The number of hydrogen-bond acceptors (Lipinski definition) is 4. The summed E-state index contributed by atoms with van der Waals surface area (Å²) in [6.45, 7) is 7.76. The molecule has 2 atom stereocenters. The molecule has 1 saturated heterocycles. The van der Waals surface area contributed by atoms with Crippen LogP contribution >= 0.6 is 0 Å². The van der Waals surface area contributed by atoms with Gasteiger partial charge in [0.1, 0.15) is 0 Å². The molecule has 0 aliphatic carbocycles. The van der Waals surface area contributed by atoms with E-state index in [-0.39, 0.29) is 12.0 Å². The van der Waals surface area contributed by atoms with E-state index in [0.717, 1.165) is 6.54 Å². The molecule has 0 aromatic carbocycles. The first-order valence-electron chi connectivity index (χ1n) is 4.75. The lowest BCUT2D eigenvalue weighted by Gasteiger charge is -2.34. The van der Waals surface area contributed by atoms with E-state index in [9.17, 15) is 4.79 Å². The zero-order valence-corrected chi connectivity index (χ0v) is 8.73. The molecule has 2 unspecified atom stereocenters. The molecular weight excluding hydrogens is 182 g/mol. The summed E-state index contributed by atoms with van der Waals surface area (Å²) in [5.41, 5.74) is 0. The number of carbonyl (C=O) groups excluding carboxylic acids is 1. The van der Waals surface area contributed by atoms with E-state index < -0.39 is 6.10 Å². The number of esters is 1. The second-order valence-electron chi connectivity index (χ2n) is 3.35. The summed E-state index contributed by atoms with van der Waals surface area (Å²) < 4.78 is 9.94. The Morgan fingerprint density at radius 1 is 1.79 bits per heavy atom. The second kappa shape index (κ2) is 5.12. The lowest BCUT2D eigenvalue weighted by atomic mass is 10.2. The van der Waals surface area contributed by atoms with Crippen LogP contribution in [0.3, 0.4) is 0 Å². The largest absolute Gasteiger partial charge is 0.467 e. The van der Waals surface area contributed by atoms with E-state index in [0.29, 0.717) is 13.2 Å². The molecule has 4 heteroatoms. The maximum atomic E-state index is 11.2. The average molecular weight is 199 g/mol. The molecule has 0 N–H and O–H groups in total. The number of nitrogens with zero attached hydrogens (tertiary/aromatic N) is 1. The van der Waals surface area contributed by atoms with E-state index in [1.807, 2.05) is 13.0 Å². The molecule has 1 aliphatic heterocycles. The summed E-state index contributed by atoms with van der Waals surface area (Å²) in [6, 6.07) is 0.269. The monoisotopic (exact) mass is 199 g/mol. The maximum absolute atomic E-state index is 11.2. The third-order valence-electron chi connectivity index (χ3n) is 2.48. The number of hydrogen-bond donors (Lipinski definition) is 0. The number of rotatable bonds is 3. The Kier molecular flexibility index (Phi) is 4.10. The fourth-order valence-corrected chi connectivity index (χ4v) is 1.46. The first kappa shape index (κ1) is 11.2. The van der Waals surface area contributed by atoms with Crippen molar-refractivity contribution in [3.8, 4) is 0 Å². The Balaban J connectivity index is 2.51. The van der Waals surface area contributed by atoms with Crippen molar-refractivity contribution >= 4 is 5.97 Å². The van der Waals surface area contributed by atoms with Crippen LogP contribution in [0.25, 0.3) is 0 Å². The van der Waals surface area contributed by atoms with Gasteiger partial charge in [0, 0.05) is 19.1 Å². The Morgan fingerprint density at radius 2 is 2.50 bits per heavy atom. The van der Waals surface area contributed by atoms with Crippen molar-refractivity contribution in [3.63, 3.8) is 0 Å². The highest BCUT2D eigenvalue weighted by molar-refractivity contribution is 5.74. The molecule has 0 amide bonds. The van der Waals surface area contributed by atoms with Crippen LogP contribution in [-0.2, 0) is 14.3 Å². The normalized spacial score (nSPS) is 25.4. The molecule has 0 spiro atoms.